The Bertz CT molecular complexity index is 267. The average molecular weight is 310 g/mol. The minimum atomic E-state index is -0.141. The van der Waals surface area contributed by atoms with E-state index in [1.54, 1.807) is 21.6 Å². The lowest BCUT2D eigenvalue weighted by Gasteiger charge is -2.14. The quantitative estimate of drug-likeness (QED) is 0.342. The summed E-state index contributed by atoms with van der Waals surface area (Å²) in [6.45, 7) is 2.04. The van der Waals surface area contributed by atoms with Crippen LogP contribution >= 0.6 is 21.6 Å². The van der Waals surface area contributed by atoms with Gasteiger partial charge in [-0.2, -0.15) is 0 Å². The summed E-state index contributed by atoms with van der Waals surface area (Å²) in [4.78, 5) is 31.9. The number of nitrogens with one attached hydrogen (secondary N) is 2. The zero-order valence-corrected chi connectivity index (χ0v) is 13.2. The molecule has 0 aliphatic heterocycles. The van der Waals surface area contributed by atoms with Crippen molar-refractivity contribution in [3.63, 3.8) is 0 Å². The number of rotatable bonds is 11. The molecule has 0 aromatic heterocycles. The molecule has 2 amide bonds. The Balaban J connectivity index is 3.75. The predicted octanol–water partition coefficient (Wildman–Crippen LogP) is 1.53. The first kappa shape index (κ1) is 18.6. The molecule has 0 bridgehead atoms. The van der Waals surface area contributed by atoms with E-state index in [1.165, 1.54) is 14.2 Å². The molecule has 0 aromatic carbocycles. The van der Waals surface area contributed by atoms with Gasteiger partial charge in [0.1, 0.15) is 0 Å². The highest BCUT2D eigenvalue weighted by Gasteiger charge is 2.17. The molecular formula is C11H22N2O4S2. The normalized spacial score (nSPS) is 11.9. The summed E-state index contributed by atoms with van der Waals surface area (Å²) in [6.07, 6.45) is 2.17. The van der Waals surface area contributed by atoms with Crippen LogP contribution in [0.5, 0.6) is 0 Å². The second kappa shape index (κ2) is 12.6. The van der Waals surface area contributed by atoms with Gasteiger partial charge in [-0.05, 0) is 6.42 Å². The molecule has 0 spiro atoms. The van der Waals surface area contributed by atoms with Gasteiger partial charge in [0.2, 0.25) is 11.8 Å². The molecule has 112 valence electrons. The summed E-state index contributed by atoms with van der Waals surface area (Å²) < 4.78 is 0. The fourth-order valence-electron chi connectivity index (χ4n) is 1.31. The topological polar surface area (TPSA) is 76.7 Å². The SMILES string of the molecule is CCCC(CSSCCC(=O)NOC)C(=O)NOC. The summed E-state index contributed by atoms with van der Waals surface area (Å²) in [5.74, 6) is 1.10. The van der Waals surface area contributed by atoms with Crippen LogP contribution in [-0.2, 0) is 19.3 Å². The molecule has 0 saturated heterocycles. The van der Waals surface area contributed by atoms with Crippen LogP contribution in [0.4, 0.5) is 0 Å². The van der Waals surface area contributed by atoms with Crippen molar-refractivity contribution >= 4 is 33.4 Å². The van der Waals surface area contributed by atoms with Gasteiger partial charge in [0.15, 0.2) is 0 Å². The summed E-state index contributed by atoms with van der Waals surface area (Å²) in [5.41, 5.74) is 4.62. The predicted molar refractivity (Wildman–Crippen MR) is 78.2 cm³/mol. The highest BCUT2D eigenvalue weighted by molar-refractivity contribution is 8.76. The van der Waals surface area contributed by atoms with Gasteiger partial charge in [0, 0.05) is 23.8 Å². The average Bonchev–Trinajstić information content (AvgIpc) is 2.37. The van der Waals surface area contributed by atoms with Crippen LogP contribution in [0.1, 0.15) is 26.2 Å². The molecule has 6 nitrogen and oxygen atoms in total. The van der Waals surface area contributed by atoms with Crippen molar-refractivity contribution < 1.29 is 19.3 Å². The standard InChI is InChI=1S/C11H22N2O4S2/c1-4-5-9(11(15)13-17-3)8-19-18-7-6-10(14)12-16-2/h9H,4-8H2,1-3H3,(H,12,14)(H,13,15). The number of carbonyl (C=O) groups is 2. The third-order valence-corrected chi connectivity index (χ3v) is 4.68. The number of hydroxylamine groups is 2. The third kappa shape index (κ3) is 10.1. The van der Waals surface area contributed by atoms with Gasteiger partial charge in [0.25, 0.3) is 0 Å². The second-order valence-corrected chi connectivity index (χ2v) is 6.37. The fourth-order valence-corrected chi connectivity index (χ4v) is 3.66. The minimum Gasteiger partial charge on any atom is -0.277 e. The summed E-state index contributed by atoms with van der Waals surface area (Å²) >= 11 is 0. The first-order valence-electron chi connectivity index (χ1n) is 6.04. The van der Waals surface area contributed by atoms with E-state index in [2.05, 4.69) is 20.6 Å². The van der Waals surface area contributed by atoms with Crippen LogP contribution in [0.15, 0.2) is 0 Å². The molecule has 0 aromatic rings. The lowest BCUT2D eigenvalue weighted by molar-refractivity contribution is -0.135. The maximum Gasteiger partial charge on any atom is 0.247 e. The van der Waals surface area contributed by atoms with Crippen molar-refractivity contribution in [1.82, 2.24) is 11.0 Å². The van der Waals surface area contributed by atoms with Crippen LogP contribution in [0.25, 0.3) is 0 Å². The van der Waals surface area contributed by atoms with Gasteiger partial charge in [0.05, 0.1) is 14.2 Å². The van der Waals surface area contributed by atoms with Crippen LogP contribution in [-0.4, -0.2) is 37.5 Å². The molecule has 0 aliphatic rings. The molecule has 0 radical (unpaired) electrons. The summed E-state index contributed by atoms with van der Waals surface area (Å²) in [7, 11) is 6.01. The Morgan fingerprint density at radius 2 is 1.84 bits per heavy atom. The molecule has 1 unspecified atom stereocenters. The third-order valence-electron chi connectivity index (χ3n) is 2.19. The summed E-state index contributed by atoms with van der Waals surface area (Å²) in [6, 6.07) is 0. The van der Waals surface area contributed by atoms with Crippen molar-refractivity contribution in [2.45, 2.75) is 26.2 Å². The van der Waals surface area contributed by atoms with Crippen molar-refractivity contribution in [3.05, 3.63) is 0 Å². The van der Waals surface area contributed by atoms with Gasteiger partial charge in [-0.3, -0.25) is 19.3 Å². The first-order chi connectivity index (χ1) is 9.15. The van der Waals surface area contributed by atoms with E-state index in [1.807, 2.05) is 6.92 Å². The number of hydrogen-bond acceptors (Lipinski definition) is 6. The van der Waals surface area contributed by atoms with E-state index in [9.17, 15) is 9.59 Å². The lowest BCUT2D eigenvalue weighted by atomic mass is 10.1. The Morgan fingerprint density at radius 3 is 2.42 bits per heavy atom. The molecule has 0 fully saturated rings. The van der Waals surface area contributed by atoms with E-state index in [0.717, 1.165) is 12.8 Å². The maximum atomic E-state index is 11.7. The summed E-state index contributed by atoms with van der Waals surface area (Å²) in [5, 5.41) is 0. The first-order valence-corrected chi connectivity index (χ1v) is 8.53. The Hall–Kier alpha value is -0.440. The maximum absolute atomic E-state index is 11.7. The molecular weight excluding hydrogens is 288 g/mol. The smallest absolute Gasteiger partial charge is 0.247 e. The molecule has 19 heavy (non-hydrogen) atoms. The molecule has 8 heteroatoms. The zero-order valence-electron chi connectivity index (χ0n) is 11.6. The van der Waals surface area contributed by atoms with Gasteiger partial charge in [-0.25, -0.2) is 11.0 Å². The van der Waals surface area contributed by atoms with Crippen LogP contribution in [0, 0.1) is 5.92 Å². The van der Waals surface area contributed by atoms with E-state index < -0.39 is 0 Å². The molecule has 0 rings (SSSR count). The Kier molecular flexibility index (Phi) is 12.3. The molecule has 2 N–H and O–H groups in total. The van der Waals surface area contributed by atoms with Crippen LogP contribution < -0.4 is 11.0 Å². The van der Waals surface area contributed by atoms with Crippen LogP contribution in [0.3, 0.4) is 0 Å². The number of hydrogen-bond donors (Lipinski definition) is 2. The van der Waals surface area contributed by atoms with E-state index in [0.29, 0.717) is 17.9 Å². The molecule has 1 atom stereocenters. The number of amides is 2. The Morgan fingerprint density at radius 1 is 1.16 bits per heavy atom. The number of carbonyl (C=O) groups excluding carboxylic acids is 2. The fraction of sp³-hybridized carbons (Fsp3) is 0.818. The monoisotopic (exact) mass is 310 g/mol. The molecule has 0 heterocycles. The van der Waals surface area contributed by atoms with Crippen molar-refractivity contribution in [1.29, 1.82) is 0 Å². The largest absolute Gasteiger partial charge is 0.277 e. The minimum absolute atomic E-state index is 0.0600. The highest BCUT2D eigenvalue weighted by Crippen LogP contribution is 2.26. The van der Waals surface area contributed by atoms with Gasteiger partial charge >= 0.3 is 0 Å². The highest BCUT2D eigenvalue weighted by atomic mass is 33.1. The van der Waals surface area contributed by atoms with Gasteiger partial charge < -0.3 is 0 Å². The van der Waals surface area contributed by atoms with E-state index >= 15 is 0 Å². The lowest BCUT2D eigenvalue weighted by Crippen LogP contribution is -2.31. The zero-order chi connectivity index (χ0) is 14.5. The molecule has 0 saturated carbocycles. The van der Waals surface area contributed by atoms with Crippen molar-refractivity contribution in [2.75, 3.05) is 25.7 Å². The van der Waals surface area contributed by atoms with Crippen LogP contribution in [0.2, 0.25) is 0 Å². The second-order valence-electron chi connectivity index (χ2n) is 3.74. The van der Waals surface area contributed by atoms with E-state index in [4.69, 9.17) is 0 Å². The van der Waals surface area contributed by atoms with Crippen molar-refractivity contribution in [2.24, 2.45) is 5.92 Å². The van der Waals surface area contributed by atoms with Crippen molar-refractivity contribution in [3.8, 4) is 0 Å². The van der Waals surface area contributed by atoms with E-state index in [-0.39, 0.29) is 17.7 Å². The Labute approximate surface area is 122 Å². The van der Waals surface area contributed by atoms with Gasteiger partial charge in [-0.1, -0.05) is 34.9 Å². The molecule has 0 aliphatic carbocycles. The van der Waals surface area contributed by atoms with Gasteiger partial charge in [-0.15, -0.1) is 0 Å².